The van der Waals surface area contributed by atoms with Crippen LogP contribution in [0.1, 0.15) is 41.6 Å². The first kappa shape index (κ1) is 20.5. The van der Waals surface area contributed by atoms with E-state index in [9.17, 15) is 9.59 Å². The summed E-state index contributed by atoms with van der Waals surface area (Å²) < 4.78 is 0.705. The van der Waals surface area contributed by atoms with E-state index in [1.54, 1.807) is 17.0 Å². The predicted octanol–water partition coefficient (Wildman–Crippen LogP) is 4.51. The molecule has 0 saturated carbocycles. The average Bonchev–Trinajstić information content (AvgIpc) is 3.02. The Labute approximate surface area is 164 Å². The Morgan fingerprint density at radius 2 is 1.81 bits per heavy atom. The Bertz CT molecular complexity index is 755. The van der Waals surface area contributed by atoms with Crippen molar-refractivity contribution in [1.29, 1.82) is 0 Å². The van der Waals surface area contributed by atoms with E-state index in [4.69, 9.17) is 11.6 Å². The third-order valence-corrected chi connectivity index (χ3v) is 5.42. The van der Waals surface area contributed by atoms with Crippen LogP contribution in [0.5, 0.6) is 0 Å². The average molecular weight is 393 g/mol. The van der Waals surface area contributed by atoms with E-state index in [0.717, 1.165) is 10.4 Å². The van der Waals surface area contributed by atoms with Crippen LogP contribution in [0.3, 0.4) is 0 Å². The van der Waals surface area contributed by atoms with Gasteiger partial charge in [-0.1, -0.05) is 43.1 Å². The molecule has 1 aromatic heterocycles. The first-order valence-corrected chi connectivity index (χ1v) is 9.91. The lowest BCUT2D eigenvalue weighted by atomic mass is 10.0. The number of benzene rings is 1. The van der Waals surface area contributed by atoms with Gasteiger partial charge in [0.05, 0.1) is 10.9 Å². The monoisotopic (exact) mass is 392 g/mol. The van der Waals surface area contributed by atoms with Crippen molar-refractivity contribution < 1.29 is 9.59 Å². The maximum atomic E-state index is 13.0. The van der Waals surface area contributed by atoms with Gasteiger partial charge in [0.1, 0.15) is 6.04 Å². The number of likely N-dealkylation sites (N-methyl/N-ethyl adjacent to an activating group) is 1. The van der Waals surface area contributed by atoms with Gasteiger partial charge in [0, 0.05) is 17.0 Å². The molecule has 0 aliphatic rings. The fourth-order valence-electron chi connectivity index (χ4n) is 2.61. The molecule has 1 unspecified atom stereocenters. The van der Waals surface area contributed by atoms with Crippen LogP contribution >= 0.6 is 22.9 Å². The molecule has 140 valence electrons. The van der Waals surface area contributed by atoms with E-state index in [-0.39, 0.29) is 17.7 Å². The molecular formula is C20H25ClN2O2S. The first-order valence-electron chi connectivity index (χ1n) is 8.72. The summed E-state index contributed by atoms with van der Waals surface area (Å²) in [6.45, 7) is 8.85. The summed E-state index contributed by atoms with van der Waals surface area (Å²) in [7, 11) is 0. The molecule has 6 heteroatoms. The van der Waals surface area contributed by atoms with Crippen LogP contribution in [0.25, 0.3) is 0 Å². The molecule has 1 heterocycles. The lowest BCUT2D eigenvalue weighted by Crippen LogP contribution is -2.51. The molecule has 1 N–H and O–H groups in total. The number of halogens is 1. The number of rotatable bonds is 7. The van der Waals surface area contributed by atoms with Gasteiger partial charge >= 0.3 is 0 Å². The number of nitrogens with one attached hydrogen (secondary N) is 1. The largest absolute Gasteiger partial charge is 0.340 e. The van der Waals surface area contributed by atoms with Crippen LogP contribution < -0.4 is 5.32 Å². The van der Waals surface area contributed by atoms with Crippen molar-refractivity contribution in [2.24, 2.45) is 5.92 Å². The number of carbonyl (C=O) groups excluding carboxylic acids is 2. The standard InChI is InChI=1S/C20H25ClN2O2S/c1-5-23(12-16-10-11-17(21)26-16)20(25)18(13(2)3)22-19(24)15-8-6-14(4)7-9-15/h6-11,13,18H,5,12H2,1-4H3,(H,22,24). The lowest BCUT2D eigenvalue weighted by Gasteiger charge is -2.29. The summed E-state index contributed by atoms with van der Waals surface area (Å²) in [5.74, 6) is -0.322. The van der Waals surface area contributed by atoms with Crippen LogP contribution in [0.4, 0.5) is 0 Å². The summed E-state index contributed by atoms with van der Waals surface area (Å²) in [5, 5.41) is 2.90. The second kappa shape index (κ2) is 9.19. The van der Waals surface area contributed by atoms with Gasteiger partial charge in [-0.2, -0.15) is 0 Å². The van der Waals surface area contributed by atoms with Gasteiger partial charge < -0.3 is 10.2 Å². The second-order valence-corrected chi connectivity index (χ2v) is 8.42. The summed E-state index contributed by atoms with van der Waals surface area (Å²) in [5.41, 5.74) is 1.65. The molecule has 0 aliphatic heterocycles. The second-order valence-electron chi connectivity index (χ2n) is 6.62. The van der Waals surface area contributed by atoms with Crippen molar-refractivity contribution in [3.63, 3.8) is 0 Å². The highest BCUT2D eigenvalue weighted by Crippen LogP contribution is 2.23. The zero-order valence-electron chi connectivity index (χ0n) is 15.6. The number of amides is 2. The van der Waals surface area contributed by atoms with Crippen LogP contribution in [0, 0.1) is 12.8 Å². The number of nitrogens with zero attached hydrogens (tertiary/aromatic N) is 1. The van der Waals surface area contributed by atoms with Gasteiger partial charge in [0.2, 0.25) is 5.91 Å². The molecule has 0 fully saturated rings. The molecule has 0 bridgehead atoms. The maximum Gasteiger partial charge on any atom is 0.251 e. The minimum atomic E-state index is -0.570. The highest BCUT2D eigenvalue weighted by molar-refractivity contribution is 7.16. The van der Waals surface area contributed by atoms with Gasteiger partial charge in [-0.25, -0.2) is 0 Å². The van der Waals surface area contributed by atoms with Crippen LogP contribution in [-0.2, 0) is 11.3 Å². The van der Waals surface area contributed by atoms with Crippen molar-refractivity contribution in [3.05, 3.63) is 56.7 Å². The van der Waals surface area contributed by atoms with Crippen molar-refractivity contribution in [1.82, 2.24) is 10.2 Å². The molecule has 0 radical (unpaired) electrons. The van der Waals surface area contributed by atoms with E-state index in [2.05, 4.69) is 5.32 Å². The molecule has 1 atom stereocenters. The van der Waals surface area contributed by atoms with Gasteiger partial charge in [-0.05, 0) is 44.0 Å². The number of hydrogen-bond donors (Lipinski definition) is 1. The van der Waals surface area contributed by atoms with Crippen LogP contribution in [0.15, 0.2) is 36.4 Å². The summed E-state index contributed by atoms with van der Waals surface area (Å²) in [6, 6.07) is 10.5. The minimum absolute atomic E-state index is 0.0159. The van der Waals surface area contributed by atoms with Crippen LogP contribution in [-0.4, -0.2) is 29.3 Å². The quantitative estimate of drug-likeness (QED) is 0.753. The highest BCUT2D eigenvalue weighted by atomic mass is 35.5. The molecule has 1 aromatic carbocycles. The Balaban J connectivity index is 2.12. The van der Waals surface area contributed by atoms with Gasteiger partial charge in [-0.3, -0.25) is 9.59 Å². The molecule has 0 saturated heterocycles. The molecular weight excluding hydrogens is 368 g/mol. The molecule has 4 nitrogen and oxygen atoms in total. The zero-order valence-corrected chi connectivity index (χ0v) is 17.2. The Morgan fingerprint density at radius 3 is 2.31 bits per heavy atom. The van der Waals surface area contributed by atoms with E-state index < -0.39 is 6.04 Å². The van der Waals surface area contributed by atoms with Crippen molar-refractivity contribution in [2.45, 2.75) is 40.3 Å². The van der Waals surface area contributed by atoms with Crippen molar-refractivity contribution in [2.75, 3.05) is 6.54 Å². The smallest absolute Gasteiger partial charge is 0.251 e. The van der Waals surface area contributed by atoms with Crippen molar-refractivity contribution in [3.8, 4) is 0 Å². The fraction of sp³-hybridized carbons (Fsp3) is 0.400. The number of hydrogen-bond acceptors (Lipinski definition) is 3. The SMILES string of the molecule is CCN(Cc1ccc(Cl)s1)C(=O)C(NC(=O)c1ccc(C)cc1)C(C)C. The zero-order chi connectivity index (χ0) is 19.3. The van der Waals surface area contributed by atoms with E-state index in [0.29, 0.717) is 23.0 Å². The topological polar surface area (TPSA) is 49.4 Å². The normalized spacial score (nSPS) is 12.1. The molecule has 0 spiro atoms. The Morgan fingerprint density at radius 1 is 1.15 bits per heavy atom. The molecule has 26 heavy (non-hydrogen) atoms. The number of carbonyl (C=O) groups is 2. The molecule has 2 amide bonds. The molecule has 2 rings (SSSR count). The summed E-state index contributed by atoms with van der Waals surface area (Å²) >= 11 is 7.45. The highest BCUT2D eigenvalue weighted by Gasteiger charge is 2.28. The first-order chi connectivity index (χ1) is 12.3. The van der Waals surface area contributed by atoms with Gasteiger partial charge in [-0.15, -0.1) is 11.3 Å². The lowest BCUT2D eigenvalue weighted by molar-refractivity contribution is -0.134. The summed E-state index contributed by atoms with van der Waals surface area (Å²) in [4.78, 5) is 28.4. The Hall–Kier alpha value is -1.85. The Kier molecular flexibility index (Phi) is 7.23. The van der Waals surface area contributed by atoms with Crippen molar-refractivity contribution >= 4 is 34.8 Å². The van der Waals surface area contributed by atoms with E-state index in [1.165, 1.54) is 11.3 Å². The van der Waals surface area contributed by atoms with E-state index in [1.807, 2.05) is 52.0 Å². The maximum absolute atomic E-state index is 13.0. The third-order valence-electron chi connectivity index (χ3n) is 4.20. The third kappa shape index (κ3) is 5.32. The minimum Gasteiger partial charge on any atom is -0.340 e. The van der Waals surface area contributed by atoms with Crippen LogP contribution in [0.2, 0.25) is 4.34 Å². The van der Waals surface area contributed by atoms with Gasteiger partial charge in [0.25, 0.3) is 5.91 Å². The predicted molar refractivity (Wildman–Crippen MR) is 108 cm³/mol. The van der Waals surface area contributed by atoms with Gasteiger partial charge in [0.15, 0.2) is 0 Å². The fourth-order valence-corrected chi connectivity index (χ4v) is 3.71. The molecule has 2 aromatic rings. The number of aryl methyl sites for hydroxylation is 1. The summed E-state index contributed by atoms with van der Waals surface area (Å²) in [6.07, 6.45) is 0. The number of thiophene rings is 1. The molecule has 0 aliphatic carbocycles. The van der Waals surface area contributed by atoms with E-state index >= 15 is 0 Å².